The summed E-state index contributed by atoms with van der Waals surface area (Å²) < 4.78 is 41.5. The van der Waals surface area contributed by atoms with Crippen LogP contribution in [0, 0.1) is 0 Å². The molecule has 0 saturated heterocycles. The predicted molar refractivity (Wildman–Crippen MR) is 74.9 cm³/mol. The molecule has 0 aliphatic carbocycles. The largest absolute Gasteiger partial charge is 0.416 e. The minimum atomic E-state index is -4.38. The number of imidazole rings is 1. The highest BCUT2D eigenvalue weighted by Crippen LogP contribution is 2.36. The molecule has 1 N–H and O–H groups in total. The van der Waals surface area contributed by atoms with E-state index in [1.54, 1.807) is 18.5 Å². The van der Waals surface area contributed by atoms with Crippen molar-refractivity contribution in [3.05, 3.63) is 53.6 Å². The number of rotatable bonds is 5. The summed E-state index contributed by atoms with van der Waals surface area (Å²) in [5.41, 5.74) is -0.422. The minimum Gasteiger partial charge on any atom is -0.334 e. The van der Waals surface area contributed by atoms with Crippen LogP contribution in [0.1, 0.15) is 36.8 Å². The quantitative estimate of drug-likeness (QED) is 0.913. The maximum atomic E-state index is 13.2. The van der Waals surface area contributed by atoms with Gasteiger partial charge in [0.2, 0.25) is 0 Å². The number of aryl methyl sites for hydroxylation is 1. The van der Waals surface area contributed by atoms with E-state index in [0.29, 0.717) is 18.9 Å². The van der Waals surface area contributed by atoms with Gasteiger partial charge in [0.1, 0.15) is 5.82 Å². The van der Waals surface area contributed by atoms with Crippen LogP contribution in [0.15, 0.2) is 36.7 Å². The topological polar surface area (TPSA) is 29.9 Å². The molecule has 21 heavy (non-hydrogen) atoms. The molecule has 1 unspecified atom stereocenters. The van der Waals surface area contributed by atoms with E-state index in [1.807, 2.05) is 18.4 Å². The van der Waals surface area contributed by atoms with Crippen LogP contribution in [0.3, 0.4) is 0 Å². The second-order valence-corrected chi connectivity index (χ2v) is 4.65. The third-order valence-corrected chi connectivity index (χ3v) is 3.33. The smallest absolute Gasteiger partial charge is 0.334 e. The Morgan fingerprint density at radius 2 is 1.95 bits per heavy atom. The van der Waals surface area contributed by atoms with Crippen LogP contribution in [0.25, 0.3) is 0 Å². The molecule has 0 fully saturated rings. The van der Waals surface area contributed by atoms with Crippen LogP contribution in [-0.2, 0) is 12.7 Å². The molecule has 1 heterocycles. The van der Waals surface area contributed by atoms with Crippen molar-refractivity contribution in [2.75, 3.05) is 6.54 Å². The van der Waals surface area contributed by atoms with Gasteiger partial charge in [-0.05, 0) is 25.1 Å². The van der Waals surface area contributed by atoms with Crippen molar-refractivity contribution in [1.82, 2.24) is 14.9 Å². The van der Waals surface area contributed by atoms with Crippen molar-refractivity contribution < 1.29 is 13.2 Å². The number of nitrogens with one attached hydrogen (secondary N) is 1. The number of hydrogen-bond acceptors (Lipinski definition) is 2. The molecule has 2 rings (SSSR count). The fourth-order valence-electron chi connectivity index (χ4n) is 2.40. The summed E-state index contributed by atoms with van der Waals surface area (Å²) in [7, 11) is 0. The zero-order valence-electron chi connectivity index (χ0n) is 12.0. The van der Waals surface area contributed by atoms with Gasteiger partial charge in [-0.15, -0.1) is 0 Å². The molecule has 0 amide bonds. The van der Waals surface area contributed by atoms with E-state index in [2.05, 4.69) is 10.3 Å². The minimum absolute atomic E-state index is 0.202. The van der Waals surface area contributed by atoms with Crippen molar-refractivity contribution in [2.24, 2.45) is 0 Å². The summed E-state index contributed by atoms with van der Waals surface area (Å²) in [6, 6.07) is 5.06. The zero-order chi connectivity index (χ0) is 15.5. The highest BCUT2D eigenvalue weighted by atomic mass is 19.4. The monoisotopic (exact) mass is 297 g/mol. The molecular weight excluding hydrogens is 279 g/mol. The molecule has 6 heteroatoms. The van der Waals surface area contributed by atoms with Gasteiger partial charge < -0.3 is 9.88 Å². The van der Waals surface area contributed by atoms with Gasteiger partial charge in [-0.1, -0.05) is 25.1 Å². The van der Waals surface area contributed by atoms with Crippen molar-refractivity contribution in [2.45, 2.75) is 32.6 Å². The Bertz CT molecular complexity index is 590. The summed E-state index contributed by atoms with van der Waals surface area (Å²) in [4.78, 5) is 4.24. The molecule has 3 nitrogen and oxygen atoms in total. The summed E-state index contributed by atoms with van der Waals surface area (Å²) in [5.74, 6) is 0.594. The molecule has 2 aromatic rings. The van der Waals surface area contributed by atoms with Crippen molar-refractivity contribution in [3.63, 3.8) is 0 Å². The molecule has 0 radical (unpaired) electrons. The summed E-state index contributed by atoms with van der Waals surface area (Å²) >= 11 is 0. The average molecular weight is 297 g/mol. The Hall–Kier alpha value is -1.82. The summed E-state index contributed by atoms with van der Waals surface area (Å²) in [6.07, 6.45) is -0.997. The van der Waals surface area contributed by atoms with E-state index in [9.17, 15) is 13.2 Å². The molecule has 0 aliphatic rings. The molecule has 0 spiro atoms. The highest BCUT2D eigenvalue weighted by Gasteiger charge is 2.35. The van der Waals surface area contributed by atoms with Gasteiger partial charge in [0.25, 0.3) is 0 Å². The summed E-state index contributed by atoms with van der Waals surface area (Å²) in [5, 5.41) is 3.11. The Morgan fingerprint density at radius 3 is 2.57 bits per heavy atom. The SMILES string of the molecule is CCNC(c1ccccc1C(F)(F)F)c1nccn1CC. The lowest BCUT2D eigenvalue weighted by Gasteiger charge is -2.22. The predicted octanol–water partition coefficient (Wildman–Crippen LogP) is 3.62. The van der Waals surface area contributed by atoms with Gasteiger partial charge in [-0.2, -0.15) is 13.2 Å². The fraction of sp³-hybridized carbons (Fsp3) is 0.400. The van der Waals surface area contributed by atoms with E-state index >= 15 is 0 Å². The maximum absolute atomic E-state index is 13.2. The molecule has 0 saturated carbocycles. The van der Waals surface area contributed by atoms with E-state index < -0.39 is 17.8 Å². The van der Waals surface area contributed by atoms with Crippen LogP contribution in [0.2, 0.25) is 0 Å². The van der Waals surface area contributed by atoms with E-state index in [4.69, 9.17) is 0 Å². The van der Waals surface area contributed by atoms with E-state index in [1.165, 1.54) is 12.1 Å². The Kier molecular flexibility index (Phi) is 4.67. The number of halogens is 3. The van der Waals surface area contributed by atoms with Gasteiger partial charge in [0.15, 0.2) is 0 Å². The number of alkyl halides is 3. The normalized spacial score (nSPS) is 13.4. The lowest BCUT2D eigenvalue weighted by Crippen LogP contribution is -2.27. The molecule has 1 atom stereocenters. The number of aromatic nitrogens is 2. The van der Waals surface area contributed by atoms with Crippen molar-refractivity contribution >= 4 is 0 Å². The first kappa shape index (κ1) is 15.6. The molecule has 1 aromatic heterocycles. The van der Waals surface area contributed by atoms with E-state index in [-0.39, 0.29) is 5.56 Å². The van der Waals surface area contributed by atoms with Crippen molar-refractivity contribution in [1.29, 1.82) is 0 Å². The third-order valence-electron chi connectivity index (χ3n) is 3.33. The first-order valence-corrected chi connectivity index (χ1v) is 6.89. The summed E-state index contributed by atoms with van der Waals surface area (Å²) in [6.45, 7) is 5.01. The van der Waals surface area contributed by atoms with Gasteiger partial charge in [-0.3, -0.25) is 0 Å². The first-order chi connectivity index (χ1) is 9.99. The second kappa shape index (κ2) is 6.30. The van der Waals surface area contributed by atoms with Crippen LogP contribution >= 0.6 is 0 Å². The van der Waals surface area contributed by atoms with Gasteiger partial charge in [-0.25, -0.2) is 4.98 Å². The fourth-order valence-corrected chi connectivity index (χ4v) is 2.40. The molecule has 0 bridgehead atoms. The number of hydrogen-bond donors (Lipinski definition) is 1. The lowest BCUT2D eigenvalue weighted by atomic mass is 9.99. The van der Waals surface area contributed by atoms with Crippen LogP contribution < -0.4 is 5.32 Å². The van der Waals surface area contributed by atoms with Gasteiger partial charge in [0.05, 0.1) is 11.6 Å². The number of benzene rings is 1. The second-order valence-electron chi connectivity index (χ2n) is 4.65. The van der Waals surface area contributed by atoms with E-state index in [0.717, 1.165) is 6.07 Å². The Morgan fingerprint density at radius 1 is 1.24 bits per heavy atom. The third kappa shape index (κ3) is 3.26. The van der Waals surface area contributed by atoms with Crippen molar-refractivity contribution in [3.8, 4) is 0 Å². The average Bonchev–Trinajstić information content (AvgIpc) is 2.92. The Labute approximate surface area is 121 Å². The standard InChI is InChI=1S/C15H18F3N3/c1-3-19-13(14-20-9-10-21(14)4-2)11-7-5-6-8-12(11)15(16,17)18/h5-10,13,19H,3-4H2,1-2H3. The maximum Gasteiger partial charge on any atom is 0.416 e. The van der Waals surface area contributed by atoms with Crippen LogP contribution in [0.4, 0.5) is 13.2 Å². The first-order valence-electron chi connectivity index (χ1n) is 6.89. The highest BCUT2D eigenvalue weighted by molar-refractivity contribution is 5.36. The Balaban J connectivity index is 2.54. The number of nitrogens with zero attached hydrogens (tertiary/aromatic N) is 2. The molecule has 114 valence electrons. The van der Waals surface area contributed by atoms with Crippen LogP contribution in [-0.4, -0.2) is 16.1 Å². The van der Waals surface area contributed by atoms with Gasteiger partial charge >= 0.3 is 6.18 Å². The molecule has 1 aromatic carbocycles. The molecule has 0 aliphatic heterocycles. The van der Waals surface area contributed by atoms with Gasteiger partial charge in [0, 0.05) is 18.9 Å². The van der Waals surface area contributed by atoms with Crippen LogP contribution in [0.5, 0.6) is 0 Å². The molecular formula is C15H18F3N3. The lowest BCUT2D eigenvalue weighted by molar-refractivity contribution is -0.138. The zero-order valence-corrected chi connectivity index (χ0v) is 12.0.